The number of carbonyl (C=O) groups is 5. The van der Waals surface area contributed by atoms with Crippen molar-refractivity contribution >= 4 is 35.4 Å². The third-order valence-corrected chi connectivity index (χ3v) is 12.1. The van der Waals surface area contributed by atoms with E-state index in [4.69, 9.17) is 25.7 Å². The van der Waals surface area contributed by atoms with Gasteiger partial charge in [-0.15, -0.1) is 0 Å². The number of ether oxygens (including phenoxy) is 3. The lowest BCUT2D eigenvalue weighted by Crippen LogP contribution is -2.63. The lowest BCUT2D eigenvalue weighted by molar-refractivity contribution is -0.132. The molecule has 3 amide bonds. The van der Waals surface area contributed by atoms with Crippen LogP contribution >= 0.6 is 0 Å². The monoisotopic (exact) mass is 749 g/mol. The number of Topliss-reactive ketones (excluding diaryl/α,β-unsaturated/α-hetero) is 2. The molecule has 15 heteroatoms. The SMILES string of the molecule is COc1ccc2c3c1O[C@@H]1C(OC(=O)N4CCCC[C@H]4CNC(=O)[C@H](CCCN=C(N)N)CC(=O)[C@H](C)NC(=O)CC(C)=O)=CCC4[C@@H](C2)N(C)CC[C@@]341. The normalized spacial score (nSPS) is 26.2. The highest BCUT2D eigenvalue weighted by atomic mass is 16.6. The van der Waals surface area contributed by atoms with E-state index in [2.05, 4.69) is 33.6 Å². The Bertz CT molecular complexity index is 1710. The molecule has 2 fully saturated rings. The minimum Gasteiger partial charge on any atom is -0.493 e. The number of ketones is 2. The van der Waals surface area contributed by atoms with Crippen LogP contribution < -0.4 is 31.6 Å². The number of nitrogens with two attached hydrogens (primary N) is 2. The predicted octanol–water partition coefficient (Wildman–Crippen LogP) is 2.08. The fourth-order valence-corrected chi connectivity index (χ4v) is 9.43. The van der Waals surface area contributed by atoms with Crippen LogP contribution in [-0.2, 0) is 35.8 Å². The summed E-state index contributed by atoms with van der Waals surface area (Å²) in [7, 11) is 3.84. The maximum Gasteiger partial charge on any atom is 0.415 e. The number of methoxy groups -OCH3 is 1. The van der Waals surface area contributed by atoms with Gasteiger partial charge < -0.3 is 46.1 Å². The molecule has 7 atom stereocenters. The second kappa shape index (κ2) is 16.4. The van der Waals surface area contributed by atoms with Crippen molar-refractivity contribution < 1.29 is 38.2 Å². The molecule has 3 aliphatic heterocycles. The lowest BCUT2D eigenvalue weighted by atomic mass is 9.53. The minimum atomic E-state index is -0.879. The molecule has 2 bridgehead atoms. The Kier molecular flexibility index (Phi) is 11.8. The molecule has 15 nitrogen and oxygen atoms in total. The number of rotatable bonds is 15. The fraction of sp³-hybridized carbons (Fsp3) is 0.641. The maximum atomic E-state index is 14.1. The van der Waals surface area contributed by atoms with Crippen LogP contribution in [0.4, 0.5) is 4.79 Å². The van der Waals surface area contributed by atoms with Gasteiger partial charge in [0.25, 0.3) is 0 Å². The summed E-state index contributed by atoms with van der Waals surface area (Å²) in [5, 5.41) is 5.54. The molecule has 6 N–H and O–H groups in total. The summed E-state index contributed by atoms with van der Waals surface area (Å²) < 4.78 is 18.8. The maximum absolute atomic E-state index is 14.1. The van der Waals surface area contributed by atoms with Crippen molar-refractivity contribution in [3.63, 3.8) is 0 Å². The van der Waals surface area contributed by atoms with E-state index in [1.165, 1.54) is 25.0 Å². The van der Waals surface area contributed by atoms with Crippen LogP contribution in [0.2, 0.25) is 0 Å². The topological polar surface area (TPSA) is 208 Å². The van der Waals surface area contributed by atoms with Crippen LogP contribution in [0.5, 0.6) is 11.5 Å². The number of amides is 3. The molecular weight excluding hydrogens is 694 g/mol. The molecular formula is C39H55N7O8. The van der Waals surface area contributed by atoms with E-state index >= 15 is 0 Å². The first-order chi connectivity index (χ1) is 25.8. The van der Waals surface area contributed by atoms with Gasteiger partial charge in [-0.3, -0.25) is 24.2 Å². The van der Waals surface area contributed by atoms with Gasteiger partial charge in [0, 0.05) is 49.0 Å². The third kappa shape index (κ3) is 7.78. The van der Waals surface area contributed by atoms with Gasteiger partial charge in [0.15, 0.2) is 29.3 Å². The highest BCUT2D eigenvalue weighted by molar-refractivity contribution is 5.99. The third-order valence-electron chi connectivity index (χ3n) is 12.1. The summed E-state index contributed by atoms with van der Waals surface area (Å²) in [6, 6.07) is 3.29. The number of allylic oxidation sites excluding steroid dienone is 1. The Labute approximate surface area is 316 Å². The first-order valence-corrected chi connectivity index (χ1v) is 19.2. The van der Waals surface area contributed by atoms with Crippen LogP contribution in [0.25, 0.3) is 0 Å². The quantitative estimate of drug-likeness (QED) is 0.0884. The van der Waals surface area contributed by atoms with E-state index in [9.17, 15) is 24.0 Å². The number of aliphatic imine (C=N–C) groups is 1. The van der Waals surface area contributed by atoms with Crippen molar-refractivity contribution in [2.45, 2.75) is 108 Å². The van der Waals surface area contributed by atoms with Crippen molar-refractivity contribution in [2.24, 2.45) is 28.3 Å². The van der Waals surface area contributed by atoms with Crippen molar-refractivity contribution in [2.75, 3.05) is 40.3 Å². The summed E-state index contributed by atoms with van der Waals surface area (Å²) in [6.45, 7) is 4.70. The van der Waals surface area contributed by atoms with Crippen LogP contribution in [0.3, 0.4) is 0 Å². The van der Waals surface area contributed by atoms with Gasteiger partial charge in [0.05, 0.1) is 25.6 Å². The Morgan fingerprint density at radius 2 is 1.94 bits per heavy atom. The predicted molar refractivity (Wildman–Crippen MR) is 200 cm³/mol. The van der Waals surface area contributed by atoms with E-state index in [0.717, 1.165) is 44.4 Å². The van der Waals surface area contributed by atoms with Gasteiger partial charge in [-0.25, -0.2) is 4.79 Å². The van der Waals surface area contributed by atoms with Gasteiger partial charge in [-0.1, -0.05) is 6.07 Å². The zero-order valence-electron chi connectivity index (χ0n) is 31.9. The second-order valence-corrected chi connectivity index (χ2v) is 15.6. The molecule has 2 saturated heterocycles. The van der Waals surface area contributed by atoms with Crippen LogP contribution in [0.1, 0.15) is 82.8 Å². The van der Waals surface area contributed by atoms with Crippen molar-refractivity contribution in [3.05, 3.63) is 35.1 Å². The number of hydrogen-bond donors (Lipinski definition) is 4. The van der Waals surface area contributed by atoms with Crippen LogP contribution in [-0.4, -0.2) is 110 Å². The summed E-state index contributed by atoms with van der Waals surface area (Å²) in [6.07, 6.45) is 6.40. The molecule has 0 aromatic heterocycles. The number of nitrogens with one attached hydrogen (secondary N) is 2. The van der Waals surface area contributed by atoms with E-state index in [-0.39, 0.29) is 60.8 Å². The molecule has 1 aromatic carbocycles. The minimum absolute atomic E-state index is 0.0654. The number of nitrogens with zero attached hydrogens (tertiary/aromatic N) is 3. The molecule has 1 spiro atoms. The van der Waals surface area contributed by atoms with Gasteiger partial charge in [0.1, 0.15) is 11.5 Å². The first-order valence-electron chi connectivity index (χ1n) is 19.2. The average molecular weight is 750 g/mol. The first kappa shape index (κ1) is 39.0. The Balaban J connectivity index is 1.13. The number of likely N-dealkylation sites (tertiary alicyclic amines) is 2. The molecule has 2 aliphatic carbocycles. The fourth-order valence-electron chi connectivity index (χ4n) is 9.43. The van der Waals surface area contributed by atoms with Gasteiger partial charge >= 0.3 is 6.09 Å². The van der Waals surface area contributed by atoms with Crippen molar-refractivity contribution in [1.29, 1.82) is 0 Å². The average Bonchev–Trinajstić information content (AvgIpc) is 3.49. The second-order valence-electron chi connectivity index (χ2n) is 15.6. The smallest absolute Gasteiger partial charge is 0.415 e. The Morgan fingerprint density at radius 3 is 2.69 bits per heavy atom. The van der Waals surface area contributed by atoms with Crippen molar-refractivity contribution in [1.82, 2.24) is 20.4 Å². The zero-order chi connectivity index (χ0) is 38.7. The number of carbonyl (C=O) groups excluding carboxylic acids is 5. The molecule has 294 valence electrons. The largest absolute Gasteiger partial charge is 0.493 e. The molecule has 1 unspecified atom stereocenters. The number of benzene rings is 1. The zero-order valence-corrected chi connectivity index (χ0v) is 31.9. The number of piperidine rings is 2. The highest BCUT2D eigenvalue weighted by Gasteiger charge is 2.65. The van der Waals surface area contributed by atoms with Gasteiger partial charge in [-0.2, -0.15) is 0 Å². The standard InChI is InChI=1S/C39H55N7O8/c1-22(47)18-32(49)44-23(2)29(48)20-25(8-7-15-42-37(40)41)36(50)43-21-26-9-5-6-16-46(26)38(51)53-31-13-11-27-28-19-24-10-12-30(52-4)34-33(24)39(27,35(31)54-34)14-17-45(28)3/h10,12-13,23,25-28,35H,5-9,11,14-21H2,1-4H3,(H,43,50)(H,44,49)(H4,40,41,42)/t23-,25+,26-,27?,28+,35+,39-/m0/s1. The van der Waals surface area contributed by atoms with Crippen molar-refractivity contribution in [3.8, 4) is 11.5 Å². The van der Waals surface area contributed by atoms with E-state index in [1.807, 2.05) is 12.1 Å². The molecule has 0 saturated carbocycles. The molecule has 5 aliphatic rings. The van der Waals surface area contributed by atoms with Gasteiger partial charge in [-0.05, 0) is 102 Å². The summed E-state index contributed by atoms with van der Waals surface area (Å²) in [4.78, 5) is 72.4. The lowest BCUT2D eigenvalue weighted by Gasteiger charge is -2.56. The highest BCUT2D eigenvalue weighted by Crippen LogP contribution is 2.63. The van der Waals surface area contributed by atoms with E-state index < -0.39 is 30.1 Å². The van der Waals surface area contributed by atoms with E-state index in [0.29, 0.717) is 49.3 Å². The van der Waals surface area contributed by atoms with Crippen LogP contribution in [0.15, 0.2) is 29.0 Å². The Morgan fingerprint density at radius 1 is 1.15 bits per heavy atom. The Hall–Kier alpha value is -4.66. The molecule has 3 heterocycles. The molecule has 54 heavy (non-hydrogen) atoms. The molecule has 0 radical (unpaired) electrons. The molecule has 1 aromatic rings. The molecule has 6 rings (SSSR count). The number of hydrogen-bond acceptors (Lipinski definition) is 10. The number of guanidine groups is 1. The summed E-state index contributed by atoms with van der Waals surface area (Å²) in [5.41, 5.74) is 13.1. The number of likely N-dealkylation sites (N-methyl/N-ethyl adjacent to an activating group) is 1. The van der Waals surface area contributed by atoms with Gasteiger partial charge in [0.2, 0.25) is 11.8 Å². The van der Waals surface area contributed by atoms with Crippen LogP contribution in [0, 0.1) is 11.8 Å². The van der Waals surface area contributed by atoms with E-state index in [1.54, 1.807) is 12.0 Å². The summed E-state index contributed by atoms with van der Waals surface area (Å²) >= 11 is 0. The summed E-state index contributed by atoms with van der Waals surface area (Å²) in [5.74, 6) is -0.0329.